The molecule has 3 aromatic heterocycles. The van der Waals surface area contributed by atoms with Crippen LogP contribution in [0.25, 0.3) is 93.6 Å². The van der Waals surface area contributed by atoms with Gasteiger partial charge < -0.3 is 13.7 Å². The number of nitrogens with zero attached hydrogens (tertiary/aromatic N) is 5. The zero-order valence-electron chi connectivity index (χ0n) is 29.5. The summed E-state index contributed by atoms with van der Waals surface area (Å²) in [6, 6.07) is 65.9. The molecule has 0 unspecified atom stereocenters. The molecule has 0 spiro atoms. The van der Waals surface area contributed by atoms with Crippen molar-refractivity contribution in [1.29, 1.82) is 10.5 Å². The third-order valence-corrected chi connectivity index (χ3v) is 11.1. The molecule has 3 heterocycles. The minimum absolute atomic E-state index is 0.582. The minimum Gasteiger partial charge on any atom is -0.309 e. The molecule has 0 aliphatic heterocycles. The Morgan fingerprint density at radius 1 is 0.364 bits per heavy atom. The molecule has 11 rings (SSSR count). The Kier molecular flexibility index (Phi) is 6.61. The van der Waals surface area contributed by atoms with E-state index < -0.39 is 0 Å². The summed E-state index contributed by atoms with van der Waals surface area (Å²) in [6.07, 6.45) is 0. The van der Waals surface area contributed by atoms with E-state index in [2.05, 4.69) is 159 Å². The number of hydrogen-bond donors (Lipinski definition) is 0. The van der Waals surface area contributed by atoms with Crippen molar-refractivity contribution in [2.45, 2.75) is 0 Å². The van der Waals surface area contributed by atoms with Crippen LogP contribution in [0, 0.1) is 22.7 Å². The first-order valence-electron chi connectivity index (χ1n) is 18.3. The van der Waals surface area contributed by atoms with Crippen LogP contribution in [0.2, 0.25) is 0 Å². The Hall–Kier alpha value is -7.86. The Morgan fingerprint density at radius 3 is 1.53 bits per heavy atom. The minimum atomic E-state index is 0.582. The summed E-state index contributed by atoms with van der Waals surface area (Å²) in [6.45, 7) is 0. The van der Waals surface area contributed by atoms with Gasteiger partial charge in [-0.05, 0) is 77.9 Å². The van der Waals surface area contributed by atoms with Gasteiger partial charge >= 0.3 is 0 Å². The largest absolute Gasteiger partial charge is 0.309 e. The number of aromatic nitrogens is 3. The lowest BCUT2D eigenvalue weighted by Gasteiger charge is -2.15. The summed E-state index contributed by atoms with van der Waals surface area (Å²) in [5.41, 5.74) is 12.6. The van der Waals surface area contributed by atoms with Crippen LogP contribution < -0.4 is 0 Å². The number of hydrogen-bond acceptors (Lipinski definition) is 2. The van der Waals surface area contributed by atoms with E-state index in [1.165, 1.54) is 32.6 Å². The Morgan fingerprint density at radius 2 is 0.873 bits per heavy atom. The summed E-state index contributed by atoms with van der Waals surface area (Å²) in [5.74, 6) is 0. The highest BCUT2D eigenvalue weighted by molar-refractivity contribution is 6.15. The van der Waals surface area contributed by atoms with Gasteiger partial charge in [0.15, 0.2) is 0 Å². The molecule has 5 nitrogen and oxygen atoms in total. The van der Waals surface area contributed by atoms with Crippen molar-refractivity contribution in [2.24, 2.45) is 0 Å². The molecule has 0 atom stereocenters. The second-order valence-electron chi connectivity index (χ2n) is 13.9. The standard InChI is InChI=1S/C50H29N5/c51-30-33-11-9-21-47-49(33)42-15-4-8-20-46(42)53(47)36-27-28-37(34(29-36)31-52)32-23-25-35(26-24-32)54-43-17-5-3-14-40(43)41-16-10-22-48(50(41)54)55-44-18-6-1-12-38(44)39-13-2-7-19-45(39)55/h1-29H. The third-order valence-electron chi connectivity index (χ3n) is 11.1. The molecule has 11 aromatic rings. The van der Waals surface area contributed by atoms with Gasteiger partial charge in [0.25, 0.3) is 0 Å². The van der Waals surface area contributed by atoms with E-state index in [-0.39, 0.29) is 0 Å². The summed E-state index contributed by atoms with van der Waals surface area (Å²) >= 11 is 0. The molecule has 0 amide bonds. The third kappa shape index (κ3) is 4.39. The Bertz CT molecular complexity index is 3400. The molecule has 254 valence electrons. The normalized spacial score (nSPS) is 11.6. The maximum absolute atomic E-state index is 10.5. The summed E-state index contributed by atoms with van der Waals surface area (Å²) in [4.78, 5) is 0. The maximum Gasteiger partial charge on any atom is 0.0998 e. The molecule has 0 saturated carbocycles. The van der Waals surface area contributed by atoms with Gasteiger partial charge in [0.2, 0.25) is 0 Å². The van der Waals surface area contributed by atoms with Crippen LogP contribution in [0.1, 0.15) is 11.1 Å². The number of rotatable bonds is 4. The van der Waals surface area contributed by atoms with E-state index >= 15 is 0 Å². The quantitative estimate of drug-likeness (QED) is 0.184. The van der Waals surface area contributed by atoms with Gasteiger partial charge in [0.1, 0.15) is 0 Å². The van der Waals surface area contributed by atoms with Crippen LogP contribution in [0.4, 0.5) is 0 Å². The summed E-state index contributed by atoms with van der Waals surface area (Å²) < 4.78 is 6.92. The van der Waals surface area contributed by atoms with Gasteiger partial charge in [0.05, 0.1) is 62.1 Å². The molecule has 5 heteroatoms. The zero-order chi connectivity index (χ0) is 36.6. The van der Waals surface area contributed by atoms with Crippen LogP contribution in [0.3, 0.4) is 0 Å². The average molecular weight is 700 g/mol. The van der Waals surface area contributed by atoms with Crippen LogP contribution in [0.15, 0.2) is 176 Å². The average Bonchev–Trinajstić information content (AvgIpc) is 3.90. The highest BCUT2D eigenvalue weighted by Gasteiger charge is 2.20. The molecule has 0 N–H and O–H groups in total. The van der Waals surface area contributed by atoms with E-state index in [0.29, 0.717) is 11.1 Å². The fourth-order valence-electron chi connectivity index (χ4n) is 8.83. The second kappa shape index (κ2) is 11.8. The number of fused-ring (bicyclic) bond motifs is 9. The van der Waals surface area contributed by atoms with Crippen molar-refractivity contribution < 1.29 is 0 Å². The van der Waals surface area contributed by atoms with Gasteiger partial charge in [-0.25, -0.2) is 0 Å². The van der Waals surface area contributed by atoms with E-state index in [1.54, 1.807) is 0 Å². The molecule has 55 heavy (non-hydrogen) atoms. The lowest BCUT2D eigenvalue weighted by Crippen LogP contribution is -2.00. The predicted octanol–water partition coefficient (Wildman–Crippen LogP) is 12.4. The molecule has 0 bridgehead atoms. The fraction of sp³-hybridized carbons (Fsp3) is 0. The van der Waals surface area contributed by atoms with Crippen LogP contribution in [-0.4, -0.2) is 13.7 Å². The summed E-state index contributed by atoms with van der Waals surface area (Å²) in [5, 5.41) is 27.2. The van der Waals surface area contributed by atoms with E-state index in [9.17, 15) is 10.5 Å². The molecule has 0 fully saturated rings. The number of nitriles is 2. The van der Waals surface area contributed by atoms with E-state index in [1.807, 2.05) is 42.5 Å². The monoisotopic (exact) mass is 699 g/mol. The van der Waals surface area contributed by atoms with E-state index in [4.69, 9.17) is 0 Å². The van der Waals surface area contributed by atoms with Gasteiger partial charge in [0, 0.05) is 43.7 Å². The first-order chi connectivity index (χ1) is 27.2. The maximum atomic E-state index is 10.5. The second-order valence-corrected chi connectivity index (χ2v) is 13.9. The van der Waals surface area contributed by atoms with Crippen molar-refractivity contribution >= 4 is 65.4 Å². The van der Waals surface area contributed by atoms with Crippen molar-refractivity contribution in [3.63, 3.8) is 0 Å². The van der Waals surface area contributed by atoms with Crippen molar-refractivity contribution in [3.8, 4) is 40.3 Å². The smallest absolute Gasteiger partial charge is 0.0998 e. The molecular formula is C50H29N5. The first-order valence-corrected chi connectivity index (χ1v) is 18.3. The van der Waals surface area contributed by atoms with Crippen molar-refractivity contribution in [3.05, 3.63) is 187 Å². The SMILES string of the molecule is N#Cc1cc(-n2c3ccccc3c3c(C#N)cccc32)ccc1-c1ccc(-n2c3ccccc3c3cccc(-n4c5ccccc5c5ccccc54)c32)cc1. The molecule has 0 aliphatic carbocycles. The van der Waals surface area contributed by atoms with Crippen molar-refractivity contribution in [2.75, 3.05) is 0 Å². The summed E-state index contributed by atoms with van der Waals surface area (Å²) in [7, 11) is 0. The molecular weight excluding hydrogens is 671 g/mol. The van der Waals surface area contributed by atoms with Gasteiger partial charge in [-0.3, -0.25) is 0 Å². The van der Waals surface area contributed by atoms with Gasteiger partial charge in [-0.2, -0.15) is 10.5 Å². The molecule has 8 aromatic carbocycles. The predicted molar refractivity (Wildman–Crippen MR) is 224 cm³/mol. The first kappa shape index (κ1) is 30.7. The topological polar surface area (TPSA) is 62.4 Å². The van der Waals surface area contributed by atoms with E-state index in [0.717, 1.165) is 61.0 Å². The van der Waals surface area contributed by atoms with Gasteiger partial charge in [-0.15, -0.1) is 0 Å². The molecule has 0 radical (unpaired) electrons. The molecule has 0 aliphatic rings. The van der Waals surface area contributed by atoms with Crippen LogP contribution in [0.5, 0.6) is 0 Å². The number of benzene rings is 8. The Balaban J connectivity index is 1.08. The zero-order valence-corrected chi connectivity index (χ0v) is 29.5. The van der Waals surface area contributed by atoms with Crippen LogP contribution in [-0.2, 0) is 0 Å². The van der Waals surface area contributed by atoms with Gasteiger partial charge in [-0.1, -0.05) is 109 Å². The highest BCUT2D eigenvalue weighted by atomic mass is 15.1. The lowest BCUT2D eigenvalue weighted by molar-refractivity contribution is 1.13. The number of para-hydroxylation sites is 5. The molecule has 0 saturated heterocycles. The lowest BCUT2D eigenvalue weighted by atomic mass is 9.99. The Labute approximate surface area is 316 Å². The fourth-order valence-corrected chi connectivity index (χ4v) is 8.83. The van der Waals surface area contributed by atoms with Crippen molar-refractivity contribution in [1.82, 2.24) is 13.7 Å². The van der Waals surface area contributed by atoms with Crippen LogP contribution >= 0.6 is 0 Å². The highest BCUT2D eigenvalue weighted by Crippen LogP contribution is 2.40.